The molecule has 0 spiro atoms. The number of carbonyl (C=O) groups excluding carboxylic acids is 1. The summed E-state index contributed by atoms with van der Waals surface area (Å²) in [4.78, 5) is 14.7. The summed E-state index contributed by atoms with van der Waals surface area (Å²) in [6.45, 7) is 4.26. The largest absolute Gasteiger partial charge is 0.389 e. The first kappa shape index (κ1) is 16.6. The number of benzene rings is 1. The number of aromatic nitrogens is 1. The van der Waals surface area contributed by atoms with Gasteiger partial charge in [-0.15, -0.1) is 0 Å². The lowest BCUT2D eigenvalue weighted by Crippen LogP contribution is -2.54. The summed E-state index contributed by atoms with van der Waals surface area (Å²) in [5.74, 6) is 0.496. The number of rotatable bonds is 3. The molecule has 25 heavy (non-hydrogen) atoms. The van der Waals surface area contributed by atoms with Crippen molar-refractivity contribution in [1.29, 1.82) is 0 Å². The van der Waals surface area contributed by atoms with E-state index in [1.54, 1.807) is 0 Å². The van der Waals surface area contributed by atoms with Gasteiger partial charge in [-0.25, -0.2) is 0 Å². The first-order valence-corrected chi connectivity index (χ1v) is 9.61. The van der Waals surface area contributed by atoms with Crippen molar-refractivity contribution in [3.63, 3.8) is 0 Å². The van der Waals surface area contributed by atoms with Crippen LogP contribution in [0.1, 0.15) is 44.1 Å². The minimum absolute atomic E-state index is 0.224. The van der Waals surface area contributed by atoms with Crippen LogP contribution in [-0.2, 0) is 11.3 Å². The van der Waals surface area contributed by atoms with Crippen molar-refractivity contribution in [2.24, 2.45) is 5.92 Å². The number of fused-ring (bicyclic) bond motifs is 2. The van der Waals surface area contributed by atoms with Crippen molar-refractivity contribution in [2.75, 3.05) is 13.1 Å². The molecule has 4 rings (SSSR count). The standard InChI is InChI=1S/C21H28N2O2/c1-16-5-6-19-17(14-16)7-11-22(19)12-8-20(24)23-13-10-21(25)9-3-2-4-18(21)15-23/h5-7,11,14,18,25H,2-4,8-10,12-13,15H2,1H3/t18-,21-/m0/s1. The highest BCUT2D eigenvalue weighted by atomic mass is 16.3. The fourth-order valence-corrected chi connectivity index (χ4v) is 4.69. The van der Waals surface area contributed by atoms with Gasteiger partial charge in [0.05, 0.1) is 5.60 Å². The Kier molecular flexibility index (Phi) is 4.32. The molecule has 2 aromatic rings. The second-order valence-corrected chi connectivity index (χ2v) is 7.96. The minimum atomic E-state index is -0.510. The molecule has 4 nitrogen and oxygen atoms in total. The molecule has 2 aliphatic rings. The lowest BCUT2D eigenvalue weighted by molar-refractivity contribution is -0.143. The van der Waals surface area contributed by atoms with Crippen molar-refractivity contribution in [3.8, 4) is 0 Å². The molecule has 1 amide bonds. The van der Waals surface area contributed by atoms with Gasteiger partial charge in [-0.05, 0) is 49.8 Å². The molecule has 0 bridgehead atoms. The maximum Gasteiger partial charge on any atom is 0.224 e. The summed E-state index contributed by atoms with van der Waals surface area (Å²) in [5.41, 5.74) is 1.94. The molecule has 4 heteroatoms. The van der Waals surface area contributed by atoms with Crippen LogP contribution in [0, 0.1) is 12.8 Å². The van der Waals surface area contributed by atoms with Gasteiger partial charge in [0.15, 0.2) is 0 Å². The zero-order valence-electron chi connectivity index (χ0n) is 15.1. The molecule has 0 unspecified atom stereocenters. The molecule has 2 atom stereocenters. The van der Waals surface area contributed by atoms with Gasteiger partial charge in [0.2, 0.25) is 5.91 Å². The van der Waals surface area contributed by atoms with E-state index in [4.69, 9.17) is 0 Å². The monoisotopic (exact) mass is 340 g/mol. The summed E-state index contributed by atoms with van der Waals surface area (Å²) in [5, 5.41) is 12.0. The Morgan fingerprint density at radius 3 is 3.04 bits per heavy atom. The van der Waals surface area contributed by atoms with E-state index < -0.39 is 5.60 Å². The topological polar surface area (TPSA) is 45.5 Å². The Labute approximate surface area is 149 Å². The van der Waals surface area contributed by atoms with Crippen LogP contribution in [0.3, 0.4) is 0 Å². The second kappa shape index (κ2) is 6.49. The highest BCUT2D eigenvalue weighted by Gasteiger charge is 2.43. The molecular formula is C21H28N2O2. The number of piperidine rings is 1. The van der Waals surface area contributed by atoms with Gasteiger partial charge < -0.3 is 14.6 Å². The van der Waals surface area contributed by atoms with Crippen LogP contribution in [0.4, 0.5) is 0 Å². The third-order valence-corrected chi connectivity index (χ3v) is 6.27. The molecule has 2 fully saturated rings. The average molecular weight is 340 g/mol. The fourth-order valence-electron chi connectivity index (χ4n) is 4.69. The zero-order valence-corrected chi connectivity index (χ0v) is 15.1. The Balaban J connectivity index is 1.39. The van der Waals surface area contributed by atoms with Crippen molar-refractivity contribution >= 4 is 16.8 Å². The summed E-state index contributed by atoms with van der Waals surface area (Å²) in [7, 11) is 0. The van der Waals surface area contributed by atoms with Crippen molar-refractivity contribution in [2.45, 2.75) is 57.6 Å². The molecule has 2 heterocycles. The second-order valence-electron chi connectivity index (χ2n) is 7.96. The minimum Gasteiger partial charge on any atom is -0.389 e. The number of aliphatic hydroxyl groups is 1. The molecule has 1 saturated heterocycles. The Bertz CT molecular complexity index is 781. The number of carbonyl (C=O) groups is 1. The maximum atomic E-state index is 12.7. The summed E-state index contributed by atoms with van der Waals surface area (Å²) in [6.07, 6.45) is 7.63. The SMILES string of the molecule is Cc1ccc2c(ccn2CCC(=O)N2CC[C@@]3(O)CCCC[C@H]3C2)c1. The summed E-state index contributed by atoms with van der Waals surface area (Å²) in [6, 6.07) is 8.56. The predicted molar refractivity (Wildman–Crippen MR) is 99.4 cm³/mol. The summed E-state index contributed by atoms with van der Waals surface area (Å²) >= 11 is 0. The van der Waals surface area contributed by atoms with E-state index in [-0.39, 0.29) is 11.8 Å². The number of aryl methyl sites for hydroxylation is 2. The molecular weight excluding hydrogens is 312 g/mol. The number of hydrogen-bond donors (Lipinski definition) is 1. The molecule has 134 valence electrons. The normalized spacial score (nSPS) is 26.6. The van der Waals surface area contributed by atoms with Crippen LogP contribution in [0.15, 0.2) is 30.5 Å². The van der Waals surface area contributed by atoms with Crippen LogP contribution in [0.5, 0.6) is 0 Å². The quantitative estimate of drug-likeness (QED) is 0.929. The van der Waals surface area contributed by atoms with Gasteiger partial charge in [-0.3, -0.25) is 4.79 Å². The molecule has 1 saturated carbocycles. The predicted octanol–water partition coefficient (Wildman–Crippen LogP) is 3.49. The van der Waals surface area contributed by atoms with E-state index in [1.165, 1.54) is 22.9 Å². The number of likely N-dealkylation sites (tertiary alicyclic amines) is 1. The highest BCUT2D eigenvalue weighted by molar-refractivity contribution is 5.81. The van der Waals surface area contributed by atoms with Crippen LogP contribution in [0.25, 0.3) is 10.9 Å². The summed E-state index contributed by atoms with van der Waals surface area (Å²) < 4.78 is 2.17. The molecule has 0 radical (unpaired) electrons. The van der Waals surface area contributed by atoms with Crippen LogP contribution in [0.2, 0.25) is 0 Å². The highest BCUT2D eigenvalue weighted by Crippen LogP contribution is 2.39. The van der Waals surface area contributed by atoms with Crippen molar-refractivity contribution < 1.29 is 9.90 Å². The van der Waals surface area contributed by atoms with Crippen molar-refractivity contribution in [3.05, 3.63) is 36.0 Å². The Morgan fingerprint density at radius 2 is 2.16 bits per heavy atom. The first-order chi connectivity index (χ1) is 12.0. The zero-order chi connectivity index (χ0) is 17.4. The van der Waals surface area contributed by atoms with E-state index in [0.717, 1.165) is 38.8 Å². The van der Waals surface area contributed by atoms with Gasteiger partial charge in [-0.2, -0.15) is 0 Å². The van der Waals surface area contributed by atoms with E-state index in [9.17, 15) is 9.90 Å². The van der Waals surface area contributed by atoms with Gasteiger partial charge >= 0.3 is 0 Å². The van der Waals surface area contributed by atoms with E-state index in [2.05, 4.69) is 42.0 Å². The average Bonchev–Trinajstić information content (AvgIpc) is 3.00. The van der Waals surface area contributed by atoms with E-state index >= 15 is 0 Å². The van der Waals surface area contributed by atoms with Gasteiger partial charge in [0.25, 0.3) is 0 Å². The Hall–Kier alpha value is -1.81. The molecule has 1 aromatic carbocycles. The smallest absolute Gasteiger partial charge is 0.224 e. The molecule has 1 N–H and O–H groups in total. The van der Waals surface area contributed by atoms with E-state index in [0.29, 0.717) is 13.0 Å². The lowest BCUT2D eigenvalue weighted by atomic mass is 9.71. The van der Waals surface area contributed by atoms with Crippen LogP contribution >= 0.6 is 0 Å². The molecule has 1 aliphatic carbocycles. The number of hydrogen-bond acceptors (Lipinski definition) is 2. The van der Waals surface area contributed by atoms with Gasteiger partial charge in [0, 0.05) is 43.7 Å². The van der Waals surface area contributed by atoms with Crippen LogP contribution in [-0.4, -0.2) is 39.2 Å². The molecule has 1 aromatic heterocycles. The fraction of sp³-hybridized carbons (Fsp3) is 0.571. The third kappa shape index (κ3) is 3.20. The Morgan fingerprint density at radius 1 is 1.28 bits per heavy atom. The van der Waals surface area contributed by atoms with Gasteiger partial charge in [-0.1, -0.05) is 24.5 Å². The van der Waals surface area contributed by atoms with Crippen molar-refractivity contribution in [1.82, 2.24) is 9.47 Å². The van der Waals surface area contributed by atoms with Crippen LogP contribution < -0.4 is 0 Å². The first-order valence-electron chi connectivity index (χ1n) is 9.61. The molecule has 1 aliphatic heterocycles. The maximum absolute atomic E-state index is 12.7. The lowest BCUT2D eigenvalue weighted by Gasteiger charge is -2.47. The number of nitrogens with zero attached hydrogens (tertiary/aromatic N) is 2. The number of amides is 1. The van der Waals surface area contributed by atoms with E-state index in [1.807, 2.05) is 4.90 Å². The third-order valence-electron chi connectivity index (χ3n) is 6.27. The van der Waals surface area contributed by atoms with Gasteiger partial charge in [0.1, 0.15) is 0 Å².